The minimum atomic E-state index is -0.192. The first-order valence-electron chi connectivity index (χ1n) is 10.8. The fourth-order valence-corrected chi connectivity index (χ4v) is 3.92. The molecule has 0 unspecified atom stereocenters. The lowest BCUT2D eigenvalue weighted by molar-refractivity contribution is 0.122. The van der Waals surface area contributed by atoms with Gasteiger partial charge in [0.2, 0.25) is 0 Å². The number of rotatable bonds is 7. The first-order valence-corrected chi connectivity index (χ1v) is 10.8. The zero-order valence-electron chi connectivity index (χ0n) is 18.4. The molecular formula is C24H31FIN5O. The number of benzene rings is 2. The fourth-order valence-electron chi connectivity index (χ4n) is 3.92. The van der Waals surface area contributed by atoms with Crippen LogP contribution in [-0.2, 0) is 17.8 Å². The zero-order chi connectivity index (χ0) is 21.5. The number of para-hydroxylation sites is 1. The normalized spacial score (nSPS) is 14.3. The van der Waals surface area contributed by atoms with E-state index in [9.17, 15) is 4.39 Å². The lowest BCUT2D eigenvalue weighted by Crippen LogP contribution is -2.38. The van der Waals surface area contributed by atoms with E-state index < -0.39 is 0 Å². The van der Waals surface area contributed by atoms with E-state index in [1.165, 1.54) is 10.9 Å². The Hall–Kier alpha value is -2.33. The van der Waals surface area contributed by atoms with Crippen molar-refractivity contribution in [2.45, 2.75) is 19.5 Å². The first kappa shape index (κ1) is 24.3. The van der Waals surface area contributed by atoms with Gasteiger partial charge in [0, 0.05) is 51.5 Å². The summed E-state index contributed by atoms with van der Waals surface area (Å²) in [7, 11) is 1.75. The minimum Gasteiger partial charge on any atom is -0.378 e. The molecule has 0 radical (unpaired) electrons. The SMILES string of the molecule is CN=C(NCCCn1ccc2ccccc21)NCc1ccc(N2CCOCC2)c(F)c1.I. The van der Waals surface area contributed by atoms with Gasteiger partial charge in [-0.2, -0.15) is 0 Å². The fraction of sp³-hybridized carbons (Fsp3) is 0.375. The number of fused-ring (bicyclic) bond motifs is 1. The Kier molecular flexibility index (Phi) is 9.16. The quantitative estimate of drug-likeness (QED) is 0.202. The standard InChI is InChI=1S/C24H30FN5O.HI/c1-26-24(27-10-4-11-29-12-9-20-5-2-3-6-22(20)29)28-18-19-7-8-23(21(25)17-19)30-13-15-31-16-14-30;/h2-3,5-9,12,17H,4,10-11,13-16,18H2,1H3,(H2,26,27,28);1H. The number of aliphatic imine (C=N–C) groups is 1. The summed E-state index contributed by atoms with van der Waals surface area (Å²) in [5.74, 6) is 0.526. The second kappa shape index (κ2) is 12.1. The van der Waals surface area contributed by atoms with Gasteiger partial charge in [0.15, 0.2) is 5.96 Å². The number of halogens is 2. The monoisotopic (exact) mass is 551 g/mol. The third kappa shape index (κ3) is 6.13. The first-order chi connectivity index (χ1) is 15.2. The molecule has 1 aliphatic heterocycles. The molecule has 0 amide bonds. The number of aryl methyl sites for hydroxylation is 1. The Balaban J connectivity index is 0.00000289. The molecule has 0 spiro atoms. The molecule has 0 bridgehead atoms. The Morgan fingerprint density at radius 3 is 2.69 bits per heavy atom. The summed E-state index contributed by atoms with van der Waals surface area (Å²) < 4.78 is 22.2. The van der Waals surface area contributed by atoms with E-state index in [4.69, 9.17) is 4.74 Å². The maximum absolute atomic E-state index is 14.6. The molecule has 0 saturated carbocycles. The van der Waals surface area contributed by atoms with Crippen LogP contribution in [0, 0.1) is 5.82 Å². The van der Waals surface area contributed by atoms with Crippen LogP contribution < -0.4 is 15.5 Å². The van der Waals surface area contributed by atoms with E-state index in [2.05, 4.69) is 56.7 Å². The summed E-state index contributed by atoms with van der Waals surface area (Å²) in [6.45, 7) is 4.99. The van der Waals surface area contributed by atoms with E-state index in [-0.39, 0.29) is 29.8 Å². The van der Waals surface area contributed by atoms with Crippen molar-refractivity contribution in [2.24, 2.45) is 4.99 Å². The van der Waals surface area contributed by atoms with Crippen molar-refractivity contribution in [3.05, 3.63) is 66.1 Å². The molecule has 1 saturated heterocycles. The van der Waals surface area contributed by atoms with E-state index in [0.717, 1.165) is 44.1 Å². The van der Waals surface area contributed by atoms with E-state index in [1.54, 1.807) is 13.1 Å². The van der Waals surface area contributed by atoms with Crippen LogP contribution in [0.3, 0.4) is 0 Å². The molecule has 172 valence electrons. The lowest BCUT2D eigenvalue weighted by atomic mass is 10.1. The highest BCUT2D eigenvalue weighted by Crippen LogP contribution is 2.21. The van der Waals surface area contributed by atoms with Crippen LogP contribution in [0.25, 0.3) is 10.9 Å². The van der Waals surface area contributed by atoms with Gasteiger partial charge in [-0.3, -0.25) is 4.99 Å². The molecule has 2 heterocycles. The third-order valence-electron chi connectivity index (χ3n) is 5.60. The number of anilines is 1. The van der Waals surface area contributed by atoms with Crippen LogP contribution in [0.4, 0.5) is 10.1 Å². The minimum absolute atomic E-state index is 0. The van der Waals surface area contributed by atoms with Gasteiger partial charge >= 0.3 is 0 Å². The maximum atomic E-state index is 14.6. The van der Waals surface area contributed by atoms with Gasteiger partial charge in [-0.15, -0.1) is 24.0 Å². The highest BCUT2D eigenvalue weighted by atomic mass is 127. The molecule has 0 atom stereocenters. The van der Waals surface area contributed by atoms with Gasteiger partial charge in [0.25, 0.3) is 0 Å². The predicted molar refractivity (Wildman–Crippen MR) is 140 cm³/mol. The Morgan fingerprint density at radius 1 is 1.09 bits per heavy atom. The van der Waals surface area contributed by atoms with Crippen molar-refractivity contribution in [2.75, 3.05) is 44.8 Å². The molecule has 1 fully saturated rings. The van der Waals surface area contributed by atoms with Gasteiger partial charge in [0.05, 0.1) is 18.9 Å². The summed E-state index contributed by atoms with van der Waals surface area (Å²) in [6, 6.07) is 16.0. The van der Waals surface area contributed by atoms with Gasteiger partial charge in [-0.05, 0) is 41.6 Å². The van der Waals surface area contributed by atoms with Crippen molar-refractivity contribution in [3.63, 3.8) is 0 Å². The molecule has 4 rings (SSSR count). The predicted octanol–water partition coefficient (Wildman–Crippen LogP) is 3.99. The second-order valence-electron chi connectivity index (χ2n) is 7.66. The number of morpholine rings is 1. The molecule has 0 aliphatic carbocycles. The Labute approximate surface area is 205 Å². The summed E-state index contributed by atoms with van der Waals surface area (Å²) in [4.78, 5) is 6.31. The molecular weight excluding hydrogens is 520 g/mol. The molecule has 2 N–H and O–H groups in total. The molecule has 1 aliphatic rings. The van der Waals surface area contributed by atoms with Crippen LogP contribution in [0.15, 0.2) is 59.7 Å². The van der Waals surface area contributed by atoms with Crippen LogP contribution in [0.5, 0.6) is 0 Å². The lowest BCUT2D eigenvalue weighted by Gasteiger charge is -2.29. The zero-order valence-corrected chi connectivity index (χ0v) is 20.7. The van der Waals surface area contributed by atoms with Gasteiger partial charge in [0.1, 0.15) is 5.82 Å². The average Bonchev–Trinajstić information content (AvgIpc) is 3.22. The van der Waals surface area contributed by atoms with Crippen molar-refractivity contribution in [1.82, 2.24) is 15.2 Å². The molecule has 3 aromatic rings. The average molecular weight is 551 g/mol. The molecule has 8 heteroatoms. The van der Waals surface area contributed by atoms with Crippen LogP contribution in [0.1, 0.15) is 12.0 Å². The van der Waals surface area contributed by atoms with Gasteiger partial charge < -0.3 is 24.8 Å². The summed E-state index contributed by atoms with van der Waals surface area (Å²) >= 11 is 0. The number of hydrogen-bond acceptors (Lipinski definition) is 3. The van der Waals surface area contributed by atoms with E-state index >= 15 is 0 Å². The smallest absolute Gasteiger partial charge is 0.191 e. The molecule has 2 aromatic carbocycles. The van der Waals surface area contributed by atoms with Crippen molar-refractivity contribution in [3.8, 4) is 0 Å². The number of guanidine groups is 1. The summed E-state index contributed by atoms with van der Waals surface area (Å²) in [6.07, 6.45) is 3.11. The number of hydrogen-bond donors (Lipinski definition) is 2. The van der Waals surface area contributed by atoms with Crippen molar-refractivity contribution >= 4 is 46.5 Å². The van der Waals surface area contributed by atoms with Gasteiger partial charge in [-0.25, -0.2) is 4.39 Å². The Bertz CT molecular complexity index is 1030. The molecule has 1 aromatic heterocycles. The highest BCUT2D eigenvalue weighted by molar-refractivity contribution is 14.0. The summed E-state index contributed by atoms with van der Waals surface area (Å²) in [5, 5.41) is 7.87. The third-order valence-corrected chi connectivity index (χ3v) is 5.60. The topological polar surface area (TPSA) is 53.8 Å². The Morgan fingerprint density at radius 2 is 1.91 bits per heavy atom. The largest absolute Gasteiger partial charge is 0.378 e. The number of nitrogens with one attached hydrogen (secondary N) is 2. The van der Waals surface area contributed by atoms with E-state index in [0.29, 0.717) is 25.4 Å². The van der Waals surface area contributed by atoms with E-state index in [1.807, 2.05) is 17.0 Å². The van der Waals surface area contributed by atoms with Crippen molar-refractivity contribution in [1.29, 1.82) is 0 Å². The summed E-state index contributed by atoms with van der Waals surface area (Å²) in [5.41, 5.74) is 2.79. The second-order valence-corrected chi connectivity index (χ2v) is 7.66. The number of ether oxygens (including phenoxy) is 1. The van der Waals surface area contributed by atoms with Crippen LogP contribution in [-0.4, -0.2) is 50.4 Å². The number of nitrogens with zero attached hydrogens (tertiary/aromatic N) is 3. The van der Waals surface area contributed by atoms with Crippen LogP contribution >= 0.6 is 24.0 Å². The van der Waals surface area contributed by atoms with Crippen molar-refractivity contribution < 1.29 is 9.13 Å². The number of aromatic nitrogens is 1. The maximum Gasteiger partial charge on any atom is 0.191 e. The molecule has 6 nitrogen and oxygen atoms in total. The van der Waals surface area contributed by atoms with Gasteiger partial charge in [-0.1, -0.05) is 24.3 Å². The highest BCUT2D eigenvalue weighted by Gasteiger charge is 2.15. The molecule has 32 heavy (non-hydrogen) atoms. The van der Waals surface area contributed by atoms with Crippen LogP contribution in [0.2, 0.25) is 0 Å².